The molecule has 2 N–H and O–H groups in total. The van der Waals surface area contributed by atoms with Crippen LogP contribution in [0.4, 0.5) is 0 Å². The molecule has 29 heavy (non-hydrogen) atoms. The van der Waals surface area contributed by atoms with Crippen molar-refractivity contribution >= 4 is 22.2 Å². The number of pyridine rings is 1. The molecular formula is C20H25N5O3S. The second kappa shape index (κ2) is 8.48. The lowest BCUT2D eigenvalue weighted by Gasteiger charge is -2.32. The van der Waals surface area contributed by atoms with Crippen molar-refractivity contribution in [2.24, 2.45) is 0 Å². The molecule has 154 valence electrons. The number of aromatic nitrogens is 3. The molecule has 0 saturated carbocycles. The summed E-state index contributed by atoms with van der Waals surface area (Å²) in [6.07, 6.45) is 5.10. The summed E-state index contributed by atoms with van der Waals surface area (Å²) < 4.78 is 7.62. The largest absolute Gasteiger partial charge is 0.376 e. The highest BCUT2D eigenvalue weighted by Crippen LogP contribution is 2.16. The Bertz CT molecular complexity index is 1040. The fourth-order valence-corrected chi connectivity index (χ4v) is 4.34. The fraction of sp³-hybridized carbons (Fsp3) is 0.450. The van der Waals surface area contributed by atoms with Crippen molar-refractivity contribution in [1.29, 1.82) is 0 Å². The van der Waals surface area contributed by atoms with Crippen molar-refractivity contribution in [3.8, 4) is 0 Å². The van der Waals surface area contributed by atoms with Gasteiger partial charge in [0.1, 0.15) is 5.56 Å². The van der Waals surface area contributed by atoms with Crippen LogP contribution in [0.1, 0.15) is 40.0 Å². The number of nitrogens with one attached hydrogen (secondary N) is 2. The number of morpholine rings is 1. The lowest BCUT2D eigenvalue weighted by molar-refractivity contribution is -0.0328. The molecule has 1 atom stereocenters. The lowest BCUT2D eigenvalue weighted by atomic mass is 10.2. The first kappa shape index (κ1) is 19.8. The number of rotatable bonds is 6. The van der Waals surface area contributed by atoms with Crippen LogP contribution in [0.5, 0.6) is 0 Å². The maximum absolute atomic E-state index is 12.4. The van der Waals surface area contributed by atoms with E-state index >= 15 is 0 Å². The smallest absolute Gasteiger partial charge is 0.261 e. The molecule has 1 aliphatic rings. The van der Waals surface area contributed by atoms with E-state index in [0.717, 1.165) is 35.9 Å². The van der Waals surface area contributed by atoms with Crippen LogP contribution in [-0.4, -0.2) is 51.0 Å². The van der Waals surface area contributed by atoms with Crippen LogP contribution in [0.15, 0.2) is 29.3 Å². The van der Waals surface area contributed by atoms with Gasteiger partial charge in [0.15, 0.2) is 4.96 Å². The number of hydrogen-bond donors (Lipinski definition) is 2. The van der Waals surface area contributed by atoms with Gasteiger partial charge in [-0.15, -0.1) is 11.3 Å². The number of fused-ring (bicyclic) bond motifs is 1. The Balaban J connectivity index is 1.37. The zero-order chi connectivity index (χ0) is 20.4. The van der Waals surface area contributed by atoms with E-state index in [2.05, 4.69) is 27.1 Å². The second-order valence-corrected chi connectivity index (χ2v) is 8.52. The minimum Gasteiger partial charge on any atom is -0.376 e. The van der Waals surface area contributed by atoms with Gasteiger partial charge in [-0.25, -0.2) is 4.98 Å². The third-order valence-corrected chi connectivity index (χ3v) is 5.95. The standard InChI is InChI=1S/C20H25N5O3S/c1-3-16-12-24(6-7-28-16)10-14-4-5-17(19(27)22-14)18(26)21-8-15-11-25-9-13(2)29-20(25)23-15/h4-5,9,11,16H,3,6-8,10,12H2,1-2H3,(H,21,26)(H,22,27)/t16-/m1/s1. The Morgan fingerprint density at radius 1 is 1.41 bits per heavy atom. The zero-order valence-corrected chi connectivity index (χ0v) is 17.4. The fourth-order valence-electron chi connectivity index (χ4n) is 3.51. The van der Waals surface area contributed by atoms with Gasteiger partial charge in [-0.3, -0.25) is 18.9 Å². The average Bonchev–Trinajstić information content (AvgIpc) is 3.23. The lowest BCUT2D eigenvalue weighted by Crippen LogP contribution is -2.42. The molecule has 3 aromatic rings. The predicted molar refractivity (Wildman–Crippen MR) is 111 cm³/mol. The Hall–Kier alpha value is -2.49. The van der Waals surface area contributed by atoms with E-state index in [0.29, 0.717) is 13.2 Å². The van der Waals surface area contributed by atoms with Gasteiger partial charge in [0.05, 0.1) is 24.9 Å². The van der Waals surface area contributed by atoms with Crippen molar-refractivity contribution in [3.05, 3.63) is 56.7 Å². The van der Waals surface area contributed by atoms with E-state index in [1.165, 1.54) is 4.88 Å². The Morgan fingerprint density at radius 3 is 3.03 bits per heavy atom. The SMILES string of the molecule is CC[C@@H]1CN(Cc2ccc(C(=O)NCc3cn4cc(C)sc4n3)c(=O)[nH]2)CCO1. The van der Waals surface area contributed by atoms with Crippen LogP contribution in [0, 0.1) is 6.92 Å². The molecular weight excluding hydrogens is 390 g/mol. The Morgan fingerprint density at radius 2 is 2.28 bits per heavy atom. The Kier molecular flexibility index (Phi) is 5.79. The topological polar surface area (TPSA) is 91.7 Å². The maximum Gasteiger partial charge on any atom is 0.261 e. The molecule has 0 spiro atoms. The molecule has 1 saturated heterocycles. The van der Waals surface area contributed by atoms with Crippen molar-refractivity contribution in [2.75, 3.05) is 19.7 Å². The van der Waals surface area contributed by atoms with E-state index in [9.17, 15) is 9.59 Å². The van der Waals surface area contributed by atoms with Crippen LogP contribution in [0.25, 0.3) is 4.96 Å². The van der Waals surface area contributed by atoms with Gasteiger partial charge in [-0.05, 0) is 25.5 Å². The molecule has 0 unspecified atom stereocenters. The summed E-state index contributed by atoms with van der Waals surface area (Å²) in [4.78, 5) is 36.5. The third kappa shape index (κ3) is 4.58. The highest BCUT2D eigenvalue weighted by atomic mass is 32.1. The monoisotopic (exact) mass is 415 g/mol. The number of H-pyrrole nitrogens is 1. The second-order valence-electron chi connectivity index (χ2n) is 7.31. The normalized spacial score (nSPS) is 17.7. The van der Waals surface area contributed by atoms with Gasteiger partial charge < -0.3 is 15.0 Å². The highest BCUT2D eigenvalue weighted by molar-refractivity contribution is 7.16. The summed E-state index contributed by atoms with van der Waals surface area (Å²) >= 11 is 1.60. The van der Waals surface area contributed by atoms with Crippen LogP contribution >= 0.6 is 11.3 Å². The van der Waals surface area contributed by atoms with Crippen LogP contribution in [0.2, 0.25) is 0 Å². The number of carbonyl (C=O) groups excluding carboxylic acids is 1. The number of aromatic amines is 1. The van der Waals surface area contributed by atoms with Crippen molar-refractivity contribution in [2.45, 2.75) is 39.5 Å². The summed E-state index contributed by atoms with van der Waals surface area (Å²) in [5.74, 6) is -0.400. The van der Waals surface area contributed by atoms with Crippen molar-refractivity contribution in [1.82, 2.24) is 24.6 Å². The highest BCUT2D eigenvalue weighted by Gasteiger charge is 2.19. The molecule has 0 bridgehead atoms. The molecule has 1 fully saturated rings. The van der Waals surface area contributed by atoms with Crippen molar-refractivity contribution in [3.63, 3.8) is 0 Å². The molecule has 0 radical (unpaired) electrons. The maximum atomic E-state index is 12.4. The number of hydrogen-bond acceptors (Lipinski definition) is 6. The molecule has 0 aliphatic carbocycles. The van der Waals surface area contributed by atoms with Gasteiger partial charge in [0.25, 0.3) is 11.5 Å². The van der Waals surface area contributed by atoms with Crippen LogP contribution < -0.4 is 10.9 Å². The number of imidazole rings is 1. The number of aryl methyl sites for hydroxylation is 1. The molecule has 9 heteroatoms. The first-order valence-electron chi connectivity index (χ1n) is 9.80. The molecule has 8 nitrogen and oxygen atoms in total. The number of ether oxygens (including phenoxy) is 1. The molecule has 0 aromatic carbocycles. The summed E-state index contributed by atoms with van der Waals surface area (Å²) in [6.45, 7) is 7.44. The minimum absolute atomic E-state index is 0.110. The van der Waals surface area contributed by atoms with Crippen LogP contribution in [-0.2, 0) is 17.8 Å². The number of nitrogens with zero attached hydrogens (tertiary/aromatic N) is 3. The first-order chi connectivity index (χ1) is 14.0. The van der Waals surface area contributed by atoms with Gasteiger partial charge in [-0.2, -0.15) is 0 Å². The van der Waals surface area contributed by atoms with E-state index in [4.69, 9.17) is 4.74 Å². The Labute approximate surface area is 172 Å². The van der Waals surface area contributed by atoms with Gasteiger partial charge in [-0.1, -0.05) is 6.92 Å². The van der Waals surface area contributed by atoms with E-state index in [-0.39, 0.29) is 23.8 Å². The minimum atomic E-state index is -0.400. The molecule has 1 aliphatic heterocycles. The van der Waals surface area contributed by atoms with E-state index < -0.39 is 5.91 Å². The molecule has 1 amide bonds. The zero-order valence-electron chi connectivity index (χ0n) is 16.6. The van der Waals surface area contributed by atoms with Gasteiger partial charge in [0.2, 0.25) is 0 Å². The quantitative estimate of drug-likeness (QED) is 0.642. The average molecular weight is 416 g/mol. The summed E-state index contributed by atoms with van der Waals surface area (Å²) in [6, 6.07) is 3.40. The summed E-state index contributed by atoms with van der Waals surface area (Å²) in [5, 5.41) is 2.78. The summed E-state index contributed by atoms with van der Waals surface area (Å²) in [5.41, 5.74) is 1.30. The number of amides is 1. The van der Waals surface area contributed by atoms with Crippen molar-refractivity contribution < 1.29 is 9.53 Å². The molecule has 4 rings (SSSR count). The van der Waals surface area contributed by atoms with E-state index in [1.54, 1.807) is 17.4 Å². The van der Waals surface area contributed by atoms with E-state index in [1.807, 2.05) is 29.8 Å². The predicted octanol–water partition coefficient (Wildman–Crippen LogP) is 1.93. The van der Waals surface area contributed by atoms with Crippen LogP contribution in [0.3, 0.4) is 0 Å². The number of carbonyl (C=O) groups is 1. The number of thiazole rings is 1. The molecule has 4 heterocycles. The van der Waals surface area contributed by atoms with Gasteiger partial charge in [0, 0.05) is 42.6 Å². The van der Waals surface area contributed by atoms with Gasteiger partial charge >= 0.3 is 0 Å². The first-order valence-corrected chi connectivity index (χ1v) is 10.6. The summed E-state index contributed by atoms with van der Waals surface area (Å²) in [7, 11) is 0. The molecule has 3 aromatic heterocycles. The third-order valence-electron chi connectivity index (χ3n) is 5.04.